The van der Waals surface area contributed by atoms with Crippen molar-refractivity contribution in [1.29, 1.82) is 0 Å². The Bertz CT molecular complexity index is 484. The first-order chi connectivity index (χ1) is 10.0. The van der Waals surface area contributed by atoms with Crippen molar-refractivity contribution < 1.29 is 9.53 Å². The Kier molecular flexibility index (Phi) is 5.73. The number of ether oxygens (including phenoxy) is 1. The molecule has 1 heterocycles. The summed E-state index contributed by atoms with van der Waals surface area (Å²) in [6, 6.07) is 6.03. The SMILES string of the molecule is Cc1ccc(NC(=O)CN(C)CC2CNCCO2)c(C)c1. The molecule has 0 spiro atoms. The second-order valence-corrected chi connectivity index (χ2v) is 5.76. The molecule has 2 rings (SSSR count). The number of rotatable bonds is 5. The van der Waals surface area contributed by atoms with Crippen molar-refractivity contribution in [3.05, 3.63) is 29.3 Å². The summed E-state index contributed by atoms with van der Waals surface area (Å²) in [6.45, 7) is 7.68. The molecule has 1 atom stereocenters. The molecule has 116 valence electrons. The van der Waals surface area contributed by atoms with Gasteiger partial charge in [-0.15, -0.1) is 0 Å². The molecule has 1 aromatic rings. The van der Waals surface area contributed by atoms with E-state index in [9.17, 15) is 4.79 Å². The zero-order chi connectivity index (χ0) is 15.2. The first-order valence-corrected chi connectivity index (χ1v) is 7.42. The molecule has 2 N–H and O–H groups in total. The van der Waals surface area contributed by atoms with E-state index in [0.717, 1.165) is 37.5 Å². The molecule has 5 heteroatoms. The summed E-state index contributed by atoms with van der Waals surface area (Å²) in [5.41, 5.74) is 3.17. The molecular formula is C16H25N3O2. The molecule has 1 unspecified atom stereocenters. The minimum absolute atomic E-state index is 0.00761. The van der Waals surface area contributed by atoms with Gasteiger partial charge in [-0.2, -0.15) is 0 Å². The highest BCUT2D eigenvalue weighted by Crippen LogP contribution is 2.15. The van der Waals surface area contributed by atoms with Crippen LogP contribution >= 0.6 is 0 Å². The van der Waals surface area contributed by atoms with Crippen molar-refractivity contribution in [1.82, 2.24) is 10.2 Å². The lowest BCUT2D eigenvalue weighted by molar-refractivity contribution is -0.117. The van der Waals surface area contributed by atoms with Crippen LogP contribution in [0.1, 0.15) is 11.1 Å². The van der Waals surface area contributed by atoms with E-state index in [0.29, 0.717) is 6.54 Å². The fourth-order valence-corrected chi connectivity index (χ4v) is 2.54. The average molecular weight is 291 g/mol. The first kappa shape index (κ1) is 15.9. The second kappa shape index (κ2) is 7.54. The molecule has 1 aromatic carbocycles. The van der Waals surface area contributed by atoms with Gasteiger partial charge in [0.1, 0.15) is 0 Å². The number of amides is 1. The first-order valence-electron chi connectivity index (χ1n) is 7.42. The number of carbonyl (C=O) groups excluding carboxylic acids is 1. The Morgan fingerprint density at radius 1 is 1.48 bits per heavy atom. The Morgan fingerprint density at radius 3 is 2.95 bits per heavy atom. The van der Waals surface area contributed by atoms with E-state index in [4.69, 9.17) is 4.74 Å². The van der Waals surface area contributed by atoms with E-state index in [2.05, 4.69) is 16.7 Å². The predicted molar refractivity (Wildman–Crippen MR) is 84.7 cm³/mol. The summed E-state index contributed by atoms with van der Waals surface area (Å²) in [6.07, 6.45) is 0.165. The normalized spacial score (nSPS) is 18.8. The number of nitrogens with zero attached hydrogens (tertiary/aromatic N) is 1. The molecule has 1 aliphatic rings. The minimum atomic E-state index is 0.00761. The van der Waals surface area contributed by atoms with Gasteiger partial charge in [-0.3, -0.25) is 9.69 Å². The molecule has 1 aliphatic heterocycles. The summed E-state index contributed by atoms with van der Waals surface area (Å²) in [7, 11) is 1.94. The Balaban J connectivity index is 1.80. The van der Waals surface area contributed by atoms with Crippen molar-refractivity contribution in [2.24, 2.45) is 0 Å². The van der Waals surface area contributed by atoms with Crippen LogP contribution in [0.25, 0.3) is 0 Å². The number of nitrogens with one attached hydrogen (secondary N) is 2. The molecule has 1 fully saturated rings. The molecule has 21 heavy (non-hydrogen) atoms. The van der Waals surface area contributed by atoms with E-state index in [1.54, 1.807) is 0 Å². The van der Waals surface area contributed by atoms with Gasteiger partial charge < -0.3 is 15.4 Å². The highest BCUT2D eigenvalue weighted by atomic mass is 16.5. The zero-order valence-corrected chi connectivity index (χ0v) is 13.1. The minimum Gasteiger partial charge on any atom is -0.374 e. The van der Waals surface area contributed by atoms with Crippen LogP contribution in [-0.2, 0) is 9.53 Å². The molecule has 1 saturated heterocycles. The highest BCUT2D eigenvalue weighted by Gasteiger charge is 2.17. The van der Waals surface area contributed by atoms with Crippen LogP contribution < -0.4 is 10.6 Å². The summed E-state index contributed by atoms with van der Waals surface area (Å²) in [4.78, 5) is 14.1. The number of anilines is 1. The summed E-state index contributed by atoms with van der Waals surface area (Å²) >= 11 is 0. The van der Waals surface area contributed by atoms with E-state index < -0.39 is 0 Å². The average Bonchev–Trinajstić information content (AvgIpc) is 2.43. The predicted octanol–water partition coefficient (Wildman–Crippen LogP) is 1.16. The number of hydrogen-bond acceptors (Lipinski definition) is 4. The Labute approximate surface area is 126 Å². The fourth-order valence-electron chi connectivity index (χ4n) is 2.54. The number of carbonyl (C=O) groups is 1. The van der Waals surface area contributed by atoms with Gasteiger partial charge in [0.05, 0.1) is 19.3 Å². The van der Waals surface area contributed by atoms with Crippen LogP contribution in [-0.4, -0.2) is 56.7 Å². The van der Waals surface area contributed by atoms with Crippen LogP contribution in [0, 0.1) is 13.8 Å². The van der Waals surface area contributed by atoms with Gasteiger partial charge in [0, 0.05) is 25.3 Å². The number of morpholine rings is 1. The quantitative estimate of drug-likeness (QED) is 0.855. The van der Waals surface area contributed by atoms with Gasteiger partial charge in [0.2, 0.25) is 5.91 Å². The van der Waals surface area contributed by atoms with E-state index in [1.165, 1.54) is 5.56 Å². The highest BCUT2D eigenvalue weighted by molar-refractivity contribution is 5.92. The van der Waals surface area contributed by atoms with Crippen molar-refractivity contribution in [3.8, 4) is 0 Å². The number of likely N-dealkylation sites (N-methyl/N-ethyl adjacent to an activating group) is 1. The van der Waals surface area contributed by atoms with Crippen molar-refractivity contribution in [3.63, 3.8) is 0 Å². The van der Waals surface area contributed by atoms with Gasteiger partial charge >= 0.3 is 0 Å². The molecule has 5 nitrogen and oxygen atoms in total. The number of aryl methyl sites for hydroxylation is 2. The van der Waals surface area contributed by atoms with Gasteiger partial charge in [-0.1, -0.05) is 17.7 Å². The van der Waals surface area contributed by atoms with Gasteiger partial charge in [0.25, 0.3) is 0 Å². The fraction of sp³-hybridized carbons (Fsp3) is 0.562. The molecule has 0 aliphatic carbocycles. The van der Waals surface area contributed by atoms with E-state index >= 15 is 0 Å². The standard InChI is InChI=1S/C16H25N3O2/c1-12-4-5-15(13(2)8-12)18-16(20)11-19(3)10-14-9-17-6-7-21-14/h4-5,8,14,17H,6-7,9-11H2,1-3H3,(H,18,20). The maximum atomic E-state index is 12.1. The summed E-state index contributed by atoms with van der Waals surface area (Å²) in [5, 5.41) is 6.26. The molecule has 0 radical (unpaired) electrons. The van der Waals surface area contributed by atoms with Gasteiger partial charge in [-0.05, 0) is 32.5 Å². The smallest absolute Gasteiger partial charge is 0.238 e. The number of hydrogen-bond donors (Lipinski definition) is 2. The molecule has 0 saturated carbocycles. The molecular weight excluding hydrogens is 266 g/mol. The van der Waals surface area contributed by atoms with E-state index in [1.807, 2.05) is 37.9 Å². The van der Waals surface area contributed by atoms with Gasteiger partial charge in [0.15, 0.2) is 0 Å². The zero-order valence-electron chi connectivity index (χ0n) is 13.1. The Hall–Kier alpha value is -1.43. The molecule has 0 bridgehead atoms. The third-order valence-corrected chi connectivity index (χ3v) is 3.59. The topological polar surface area (TPSA) is 53.6 Å². The summed E-state index contributed by atoms with van der Waals surface area (Å²) in [5.74, 6) is 0.00761. The molecule has 0 aromatic heterocycles. The third kappa shape index (κ3) is 5.12. The van der Waals surface area contributed by atoms with Crippen LogP contribution in [0.4, 0.5) is 5.69 Å². The largest absolute Gasteiger partial charge is 0.374 e. The number of benzene rings is 1. The van der Waals surface area contributed by atoms with Crippen molar-refractivity contribution in [2.45, 2.75) is 20.0 Å². The van der Waals surface area contributed by atoms with Crippen LogP contribution in [0.2, 0.25) is 0 Å². The second-order valence-electron chi connectivity index (χ2n) is 5.76. The van der Waals surface area contributed by atoms with Gasteiger partial charge in [-0.25, -0.2) is 0 Å². The summed E-state index contributed by atoms with van der Waals surface area (Å²) < 4.78 is 5.64. The lowest BCUT2D eigenvalue weighted by atomic mass is 10.1. The van der Waals surface area contributed by atoms with Crippen molar-refractivity contribution in [2.75, 3.05) is 45.2 Å². The third-order valence-electron chi connectivity index (χ3n) is 3.59. The monoisotopic (exact) mass is 291 g/mol. The maximum absolute atomic E-state index is 12.1. The molecule has 1 amide bonds. The van der Waals surface area contributed by atoms with Crippen LogP contribution in [0.15, 0.2) is 18.2 Å². The lowest BCUT2D eigenvalue weighted by Crippen LogP contribution is -2.45. The maximum Gasteiger partial charge on any atom is 0.238 e. The Morgan fingerprint density at radius 2 is 2.29 bits per heavy atom. The van der Waals surface area contributed by atoms with Crippen LogP contribution in [0.5, 0.6) is 0 Å². The van der Waals surface area contributed by atoms with E-state index in [-0.39, 0.29) is 12.0 Å². The van der Waals surface area contributed by atoms with Crippen molar-refractivity contribution >= 4 is 11.6 Å². The lowest BCUT2D eigenvalue weighted by Gasteiger charge is -2.27. The van der Waals surface area contributed by atoms with Crippen LogP contribution in [0.3, 0.4) is 0 Å².